The molecule has 0 aromatic heterocycles. The molecular weight excluding hydrogens is 503 g/mol. The van der Waals surface area contributed by atoms with Crippen molar-refractivity contribution in [2.24, 2.45) is 0 Å². The number of methoxy groups -OCH3 is 1. The number of benzene rings is 5. The van der Waals surface area contributed by atoms with Gasteiger partial charge in [0.1, 0.15) is 5.75 Å². The molecule has 188 valence electrons. The summed E-state index contributed by atoms with van der Waals surface area (Å²) in [5.41, 5.74) is 1.52. The molecule has 38 heavy (non-hydrogen) atoms. The molecule has 0 saturated heterocycles. The van der Waals surface area contributed by atoms with Crippen LogP contribution in [0, 0.1) is 0 Å². The van der Waals surface area contributed by atoms with Crippen molar-refractivity contribution in [3.8, 4) is 5.75 Å². The van der Waals surface area contributed by atoms with Gasteiger partial charge in [0, 0.05) is 21.3 Å². The van der Waals surface area contributed by atoms with E-state index in [-0.39, 0.29) is 5.78 Å². The molecule has 0 atom stereocenters. The van der Waals surface area contributed by atoms with Gasteiger partial charge < -0.3 is 4.74 Å². The van der Waals surface area contributed by atoms with Gasteiger partial charge in [-0.2, -0.15) is 0 Å². The third-order valence-corrected chi connectivity index (χ3v) is 11.8. The van der Waals surface area contributed by atoms with Crippen LogP contribution in [0.4, 0.5) is 0 Å². The van der Waals surface area contributed by atoms with E-state index in [0.717, 1.165) is 31.7 Å². The van der Waals surface area contributed by atoms with Crippen LogP contribution in [0.2, 0.25) is 0 Å². The van der Waals surface area contributed by atoms with Gasteiger partial charge >= 0.3 is 0 Å². The first-order valence-corrected chi connectivity index (χ1v) is 15.5. The summed E-state index contributed by atoms with van der Waals surface area (Å²) in [6, 6.07) is 47.3. The van der Waals surface area contributed by atoms with Gasteiger partial charge in [-0.15, -0.1) is 11.8 Å². The normalized spacial score (nSPS) is 11.1. The number of Topliss-reactive ketones (excluding diaryl/α,β-unsaturated/α-hetero) is 1. The van der Waals surface area contributed by atoms with E-state index in [9.17, 15) is 0 Å². The molecule has 5 aromatic carbocycles. The first-order valence-electron chi connectivity index (χ1n) is 12.5. The molecule has 2 nitrogen and oxygen atoms in total. The first-order chi connectivity index (χ1) is 18.7. The fraction of sp³-hybridized carbons (Fsp3) is 0.0588. The van der Waals surface area contributed by atoms with Crippen molar-refractivity contribution in [3.05, 3.63) is 151 Å². The van der Waals surface area contributed by atoms with E-state index >= 15 is 4.79 Å². The predicted molar refractivity (Wildman–Crippen MR) is 165 cm³/mol. The Bertz CT molecular complexity index is 1490. The molecule has 0 aliphatic heterocycles. The van der Waals surface area contributed by atoms with Crippen molar-refractivity contribution in [3.63, 3.8) is 0 Å². The molecular formula is C34H29O2PS. The second-order valence-corrected chi connectivity index (χ2v) is 12.9. The van der Waals surface area contributed by atoms with Gasteiger partial charge in [-0.1, -0.05) is 121 Å². The SMILES string of the molecule is COc1ccccc1C(C(=O)c1ccccc1SC)=P(c1ccccc1)(c1ccccc1)c1ccccc1. The highest BCUT2D eigenvalue weighted by atomic mass is 32.2. The van der Waals surface area contributed by atoms with Crippen LogP contribution in [-0.4, -0.2) is 24.4 Å². The van der Waals surface area contributed by atoms with E-state index in [1.54, 1.807) is 18.9 Å². The van der Waals surface area contributed by atoms with E-state index in [4.69, 9.17) is 4.74 Å². The van der Waals surface area contributed by atoms with E-state index in [1.807, 2.05) is 73.0 Å². The molecule has 5 aromatic rings. The first kappa shape index (κ1) is 25.9. The maximum atomic E-state index is 15.1. The Kier molecular flexibility index (Phi) is 7.98. The highest BCUT2D eigenvalue weighted by Gasteiger charge is 2.36. The van der Waals surface area contributed by atoms with Gasteiger partial charge in [0.05, 0.1) is 7.11 Å². The van der Waals surface area contributed by atoms with Gasteiger partial charge in [-0.25, -0.2) is 0 Å². The van der Waals surface area contributed by atoms with Crippen LogP contribution in [0.1, 0.15) is 15.9 Å². The van der Waals surface area contributed by atoms with Gasteiger partial charge in [0.25, 0.3) is 0 Å². The largest absolute Gasteiger partial charge is 0.496 e. The Labute approximate surface area is 229 Å². The number of ether oxygens (including phenoxy) is 1. The summed E-state index contributed by atoms with van der Waals surface area (Å²) >= 11 is 1.59. The zero-order chi connectivity index (χ0) is 26.4. The molecule has 0 unspecified atom stereocenters. The molecule has 0 saturated carbocycles. The highest BCUT2D eigenvalue weighted by molar-refractivity contribution is 7.99. The third-order valence-electron chi connectivity index (χ3n) is 6.69. The van der Waals surface area contributed by atoms with Crippen LogP contribution in [0.3, 0.4) is 0 Å². The van der Waals surface area contributed by atoms with Crippen LogP contribution < -0.4 is 20.7 Å². The minimum Gasteiger partial charge on any atom is -0.496 e. The number of thioether (sulfide) groups is 1. The summed E-state index contributed by atoms with van der Waals surface area (Å²) in [4.78, 5) is 16.0. The summed E-state index contributed by atoms with van der Waals surface area (Å²) in [5, 5.41) is 4.12. The minimum absolute atomic E-state index is 0.0179. The Morgan fingerprint density at radius 1 is 0.579 bits per heavy atom. The van der Waals surface area contributed by atoms with Crippen molar-refractivity contribution < 1.29 is 9.53 Å². The highest BCUT2D eigenvalue weighted by Crippen LogP contribution is 2.49. The molecule has 0 aliphatic carbocycles. The summed E-state index contributed by atoms with van der Waals surface area (Å²) in [5.74, 6) is 0.703. The lowest BCUT2D eigenvalue weighted by Gasteiger charge is -2.33. The van der Waals surface area contributed by atoms with E-state index in [0.29, 0.717) is 11.3 Å². The summed E-state index contributed by atoms with van der Waals surface area (Å²) in [6.07, 6.45) is 2.02. The number of ketones is 1. The molecule has 4 heteroatoms. The fourth-order valence-corrected chi connectivity index (χ4v) is 10.1. The van der Waals surface area contributed by atoms with E-state index < -0.39 is 6.89 Å². The smallest absolute Gasteiger partial charge is 0.195 e. The quantitative estimate of drug-likeness (QED) is 0.125. The maximum absolute atomic E-state index is 15.1. The van der Waals surface area contributed by atoms with Crippen molar-refractivity contribution in [1.29, 1.82) is 0 Å². The van der Waals surface area contributed by atoms with Gasteiger partial charge in [0.15, 0.2) is 5.78 Å². The van der Waals surface area contributed by atoms with Gasteiger partial charge in [-0.05, 0) is 47.3 Å². The van der Waals surface area contributed by atoms with Gasteiger partial charge in [-0.3, -0.25) is 4.79 Å². The van der Waals surface area contributed by atoms with Crippen LogP contribution in [0.15, 0.2) is 144 Å². The van der Waals surface area contributed by atoms with E-state index in [1.165, 1.54) is 0 Å². The maximum Gasteiger partial charge on any atom is 0.195 e. The molecule has 0 heterocycles. The lowest BCUT2D eigenvalue weighted by atomic mass is 10.0. The molecule has 5 rings (SSSR count). The second kappa shape index (κ2) is 11.7. The Balaban J connectivity index is 2.09. The van der Waals surface area contributed by atoms with Crippen molar-refractivity contribution in [2.45, 2.75) is 4.90 Å². The number of carbonyl (C=O) groups is 1. The molecule has 0 amide bonds. The number of hydrogen-bond acceptors (Lipinski definition) is 3. The lowest BCUT2D eigenvalue weighted by molar-refractivity contribution is 0.106. The number of rotatable bonds is 8. The predicted octanol–water partition coefficient (Wildman–Crippen LogP) is 6.81. The van der Waals surface area contributed by atoms with E-state index in [2.05, 4.69) is 72.8 Å². The summed E-state index contributed by atoms with van der Waals surface area (Å²) < 4.78 is 5.91. The molecule has 0 bridgehead atoms. The molecule has 0 radical (unpaired) electrons. The standard InChI is InChI=1S/C34H29O2PS/c1-36-31-24-14-12-22-29(31)34(33(35)30-23-13-15-25-32(30)38-2)37(26-16-6-3-7-17-26,27-18-8-4-9-19-27)28-20-10-5-11-21-28/h3-25H,1-2H3. The van der Waals surface area contributed by atoms with Gasteiger partial charge in [0.2, 0.25) is 0 Å². The van der Waals surface area contributed by atoms with Crippen molar-refractivity contribution in [1.82, 2.24) is 0 Å². The number of para-hydroxylation sites is 1. The average Bonchev–Trinajstić information content (AvgIpc) is 3.01. The molecule has 0 spiro atoms. The lowest BCUT2D eigenvalue weighted by Crippen LogP contribution is -2.34. The van der Waals surface area contributed by atoms with Crippen LogP contribution >= 0.6 is 18.6 Å². The molecule has 0 fully saturated rings. The summed E-state index contributed by atoms with van der Waals surface area (Å²) in [7, 11) is 1.67. The number of hydrogen-bond donors (Lipinski definition) is 0. The third kappa shape index (κ3) is 4.65. The Hall–Kier alpha value is -3.78. The van der Waals surface area contributed by atoms with Crippen LogP contribution in [-0.2, 0) is 0 Å². The van der Waals surface area contributed by atoms with Crippen LogP contribution in [0.5, 0.6) is 5.75 Å². The zero-order valence-corrected chi connectivity index (χ0v) is 23.2. The zero-order valence-electron chi connectivity index (χ0n) is 21.5. The van der Waals surface area contributed by atoms with Crippen molar-refractivity contribution >= 4 is 45.6 Å². The topological polar surface area (TPSA) is 26.3 Å². The molecule has 0 N–H and O–H groups in total. The van der Waals surface area contributed by atoms with Crippen LogP contribution in [0.25, 0.3) is 0 Å². The van der Waals surface area contributed by atoms with Crippen molar-refractivity contribution in [2.75, 3.05) is 13.4 Å². The fourth-order valence-electron chi connectivity index (χ4n) is 5.04. The average molecular weight is 533 g/mol. The minimum atomic E-state index is -2.70. The number of carbonyl (C=O) groups excluding carboxylic acids is 1. The Morgan fingerprint density at radius 2 is 1.00 bits per heavy atom. The second-order valence-electron chi connectivity index (χ2n) is 8.76. The molecule has 0 aliphatic rings. The monoisotopic (exact) mass is 532 g/mol. The summed E-state index contributed by atoms with van der Waals surface area (Å²) in [6.45, 7) is -2.70. The Morgan fingerprint density at radius 3 is 1.47 bits per heavy atom.